The summed E-state index contributed by atoms with van der Waals surface area (Å²) in [4.78, 5) is 1.28. The van der Waals surface area contributed by atoms with E-state index < -0.39 is 8.53 Å². The second-order valence-electron chi connectivity index (χ2n) is 5.65. The van der Waals surface area contributed by atoms with Crippen molar-refractivity contribution in [1.82, 2.24) is 0 Å². The van der Waals surface area contributed by atoms with Gasteiger partial charge < -0.3 is 14.1 Å². The van der Waals surface area contributed by atoms with Crippen molar-refractivity contribution in [2.45, 2.75) is 43.3 Å². The molecule has 1 atom stereocenters. The minimum atomic E-state index is -1.24. The van der Waals surface area contributed by atoms with E-state index in [-0.39, 0.29) is 46.0 Å². The normalized spacial score (nSPS) is 12.3. The molecule has 0 amide bonds. The number of benzene rings is 1. The van der Waals surface area contributed by atoms with Gasteiger partial charge in [-0.2, -0.15) is 12.3 Å². The Balaban J connectivity index is 0.00000529. The fourth-order valence-electron chi connectivity index (χ4n) is 1.52. The van der Waals surface area contributed by atoms with Gasteiger partial charge in [-0.15, -0.1) is 0 Å². The van der Waals surface area contributed by atoms with Crippen LogP contribution in [0.5, 0.6) is 0 Å². The summed E-state index contributed by atoms with van der Waals surface area (Å²) in [5, 5.41) is 12.6. The van der Waals surface area contributed by atoms with Crippen molar-refractivity contribution in [3.8, 4) is 6.07 Å². The Morgan fingerprint density at radius 2 is 1.88 bits per heavy atom. The summed E-state index contributed by atoms with van der Waals surface area (Å²) in [6, 6.07) is 10.4. The summed E-state index contributed by atoms with van der Waals surface area (Å²) in [5.41, 5.74) is 1.28. The zero-order chi connectivity index (χ0) is 17.1. The Morgan fingerprint density at radius 1 is 1.21 bits per heavy atom. The van der Waals surface area contributed by atoms with Crippen molar-refractivity contribution in [1.29, 1.82) is 5.26 Å². The molecule has 0 N–H and O–H groups in total. The molecule has 24 heavy (non-hydrogen) atoms. The molecule has 0 heterocycles. The summed E-state index contributed by atoms with van der Waals surface area (Å²) < 4.78 is 11.3. The van der Waals surface area contributed by atoms with Crippen molar-refractivity contribution >= 4 is 30.1 Å². The van der Waals surface area contributed by atoms with Crippen LogP contribution in [0.1, 0.15) is 32.8 Å². The molecule has 1 aromatic rings. The third-order valence-corrected chi connectivity index (χ3v) is 7.09. The van der Waals surface area contributed by atoms with E-state index in [1.165, 1.54) is 10.5 Å². The molecule has 1 aromatic carbocycles. The second-order valence-corrected chi connectivity index (χ2v) is 10.0. The predicted octanol–water partition coefficient (Wildman–Crippen LogP) is 5.95. The van der Waals surface area contributed by atoms with E-state index in [0.717, 1.165) is 6.42 Å². The average molecular weight is 512 g/mol. The largest absolute Gasteiger partial charge is 0.591 e. The molecule has 0 spiro atoms. The Bertz CT molecular complexity index is 510. The molecule has 0 saturated carbocycles. The maximum absolute atomic E-state index is 8.52. The van der Waals surface area contributed by atoms with Crippen molar-refractivity contribution in [3.63, 3.8) is 0 Å². The molecule has 8 heteroatoms. The van der Waals surface area contributed by atoms with Crippen LogP contribution in [0.25, 0.3) is 5.09 Å². The Morgan fingerprint density at radius 3 is 2.50 bits per heavy atom. The standard InChI is InChI=1S/C16H24N2O2PS2.Pr/c1-16(2,3)23-22-15-9-6-5-8-14(15)10-13-20-21(18-4)19-12-7-11-17;/h5-6,8-9H,7,10,12-13H2,1-4H3;/q-1;. The molecule has 0 bridgehead atoms. The summed E-state index contributed by atoms with van der Waals surface area (Å²) >= 11 is 0. The molecule has 0 aliphatic rings. The van der Waals surface area contributed by atoms with E-state index in [4.69, 9.17) is 14.3 Å². The van der Waals surface area contributed by atoms with Crippen LogP contribution in [0.15, 0.2) is 29.2 Å². The maximum Gasteiger partial charge on any atom is 0.0647 e. The van der Waals surface area contributed by atoms with Gasteiger partial charge in [0, 0.05) is 50.9 Å². The van der Waals surface area contributed by atoms with Crippen LogP contribution in [-0.2, 0) is 15.5 Å². The zero-order valence-electron chi connectivity index (χ0n) is 14.7. The van der Waals surface area contributed by atoms with Gasteiger partial charge in [-0.1, -0.05) is 60.6 Å². The van der Waals surface area contributed by atoms with Gasteiger partial charge in [-0.05, 0) is 18.1 Å². The quantitative estimate of drug-likeness (QED) is 0.221. The first-order valence-electron chi connectivity index (χ1n) is 7.42. The minimum absolute atomic E-state index is 0. The molecule has 4 nitrogen and oxygen atoms in total. The molecular formula is C16H24N2O2PPrS2-. The van der Waals surface area contributed by atoms with Gasteiger partial charge in [-0.25, -0.2) is 0 Å². The molecule has 131 valence electrons. The molecule has 0 aromatic heterocycles. The first kappa shape index (κ1) is 25.1. The smallest absolute Gasteiger partial charge is 0.0647 e. The van der Waals surface area contributed by atoms with Gasteiger partial charge in [0.15, 0.2) is 0 Å². The molecule has 0 saturated heterocycles. The molecule has 0 aliphatic carbocycles. The number of nitriles is 1. The van der Waals surface area contributed by atoms with Gasteiger partial charge in [0.2, 0.25) is 0 Å². The first-order valence-corrected chi connectivity index (χ1v) is 10.7. The number of nitrogens with zero attached hydrogens (tertiary/aromatic N) is 2. The van der Waals surface area contributed by atoms with Crippen molar-refractivity contribution in [2.24, 2.45) is 0 Å². The zero-order valence-corrected chi connectivity index (χ0v) is 20.9. The average Bonchev–Trinajstić information content (AvgIpc) is 2.52. The fourth-order valence-corrected chi connectivity index (χ4v) is 4.58. The van der Waals surface area contributed by atoms with Crippen LogP contribution in [0, 0.1) is 52.6 Å². The van der Waals surface area contributed by atoms with Crippen molar-refractivity contribution in [2.75, 3.05) is 20.3 Å². The van der Waals surface area contributed by atoms with Gasteiger partial charge >= 0.3 is 0 Å². The van der Waals surface area contributed by atoms with E-state index in [0.29, 0.717) is 19.6 Å². The molecule has 0 aliphatic heterocycles. The van der Waals surface area contributed by atoms with Gasteiger partial charge in [0.05, 0.1) is 34.2 Å². The first-order chi connectivity index (χ1) is 11.0. The monoisotopic (exact) mass is 512 g/mol. The second kappa shape index (κ2) is 14.2. The molecule has 0 fully saturated rings. The third-order valence-electron chi connectivity index (χ3n) is 2.51. The van der Waals surface area contributed by atoms with Crippen LogP contribution in [0.3, 0.4) is 0 Å². The van der Waals surface area contributed by atoms with Crippen molar-refractivity contribution < 1.29 is 50.3 Å². The topological polar surface area (TPSA) is 56.4 Å². The van der Waals surface area contributed by atoms with Crippen LogP contribution < -0.4 is 0 Å². The van der Waals surface area contributed by atoms with Gasteiger partial charge in [0.25, 0.3) is 0 Å². The Hall–Kier alpha value is 1.08. The molecular weight excluding hydrogens is 488 g/mol. The number of hydrogen-bond donors (Lipinski definition) is 0. The number of hydrogen-bond acceptors (Lipinski definition) is 5. The summed E-state index contributed by atoms with van der Waals surface area (Å²) in [7, 11) is 4.12. The summed E-state index contributed by atoms with van der Waals surface area (Å²) in [6.07, 6.45) is 1.19. The van der Waals surface area contributed by atoms with Crippen LogP contribution in [0.2, 0.25) is 0 Å². The third kappa shape index (κ3) is 11.7. The van der Waals surface area contributed by atoms with E-state index >= 15 is 0 Å². The van der Waals surface area contributed by atoms with Gasteiger partial charge in [0.1, 0.15) is 0 Å². The molecule has 1 rings (SSSR count). The van der Waals surface area contributed by atoms with E-state index in [2.05, 4.69) is 50.1 Å². The molecule has 1 unspecified atom stereocenters. The summed E-state index contributed by atoms with van der Waals surface area (Å²) in [5.74, 6) is 0. The SMILES string of the molecule is C[N-]P(OCCC#N)OCCc1ccccc1SSC(C)(C)C.[Pr]. The van der Waals surface area contributed by atoms with Crippen LogP contribution in [0.4, 0.5) is 0 Å². The molecule has 1 radical (unpaired) electrons. The van der Waals surface area contributed by atoms with E-state index in [1.807, 2.05) is 27.7 Å². The van der Waals surface area contributed by atoms with E-state index in [9.17, 15) is 0 Å². The van der Waals surface area contributed by atoms with Crippen LogP contribution >= 0.6 is 30.1 Å². The Kier molecular flexibility index (Phi) is 14.8. The van der Waals surface area contributed by atoms with Gasteiger partial charge in [-0.3, -0.25) is 0 Å². The minimum Gasteiger partial charge on any atom is -0.591 e. The van der Waals surface area contributed by atoms with Crippen LogP contribution in [-0.4, -0.2) is 25.0 Å². The predicted molar refractivity (Wildman–Crippen MR) is 102 cm³/mol. The number of rotatable bonds is 10. The maximum atomic E-state index is 8.52. The van der Waals surface area contributed by atoms with Crippen molar-refractivity contribution in [3.05, 3.63) is 34.9 Å². The Labute approximate surface area is 188 Å². The summed E-state index contributed by atoms with van der Waals surface area (Å²) in [6.45, 7) is 7.57. The van der Waals surface area contributed by atoms with E-state index in [1.54, 1.807) is 7.05 Å². The fraction of sp³-hybridized carbons (Fsp3) is 0.562.